The lowest BCUT2D eigenvalue weighted by molar-refractivity contribution is -0.158. The summed E-state index contributed by atoms with van der Waals surface area (Å²) in [5.74, 6) is -1.84. The van der Waals surface area contributed by atoms with Crippen molar-refractivity contribution < 1.29 is 19.5 Å². The monoisotopic (exact) mass is 382 g/mol. The lowest BCUT2D eigenvalue weighted by Crippen LogP contribution is -2.61. The van der Waals surface area contributed by atoms with Crippen molar-refractivity contribution in [2.45, 2.75) is 32.4 Å². The van der Waals surface area contributed by atoms with Gasteiger partial charge >= 0.3 is 5.97 Å². The number of carbonyl (C=O) groups excluding carboxylic acids is 2. The number of benzene rings is 1. The van der Waals surface area contributed by atoms with Crippen molar-refractivity contribution in [2.24, 2.45) is 5.92 Å². The van der Waals surface area contributed by atoms with Crippen molar-refractivity contribution in [1.29, 1.82) is 0 Å². The Labute approximate surface area is 143 Å². The number of carboxylic acid groups (broad SMARTS) is 1. The van der Waals surface area contributed by atoms with E-state index in [0.717, 1.165) is 4.47 Å². The molecule has 1 fully saturated rings. The molecule has 2 N–H and O–H groups in total. The highest BCUT2D eigenvalue weighted by Crippen LogP contribution is 2.21. The van der Waals surface area contributed by atoms with E-state index in [-0.39, 0.29) is 17.7 Å². The van der Waals surface area contributed by atoms with Crippen LogP contribution in [0.5, 0.6) is 0 Å². The molecule has 1 saturated heterocycles. The zero-order valence-corrected chi connectivity index (χ0v) is 14.5. The molecule has 0 aromatic heterocycles. The van der Waals surface area contributed by atoms with Gasteiger partial charge in [-0.1, -0.05) is 29.8 Å². The third-order valence-corrected chi connectivity index (χ3v) is 4.44. The molecule has 0 unspecified atom stereocenters. The average Bonchev–Trinajstić information content (AvgIpc) is 2.42. The number of aliphatic carboxylic acids is 1. The molecule has 0 spiro atoms. The summed E-state index contributed by atoms with van der Waals surface area (Å²) >= 11 is 3.30. The smallest absolute Gasteiger partial charge is 0.326 e. The van der Waals surface area contributed by atoms with E-state index in [1.54, 1.807) is 24.3 Å². The number of likely N-dealkylation sites (tertiary alicyclic amines) is 1. The van der Waals surface area contributed by atoms with Crippen molar-refractivity contribution in [3.05, 3.63) is 34.3 Å². The van der Waals surface area contributed by atoms with Gasteiger partial charge in [0.05, 0.1) is 0 Å². The van der Waals surface area contributed by atoms with Crippen LogP contribution in [0.15, 0.2) is 28.7 Å². The van der Waals surface area contributed by atoms with E-state index in [4.69, 9.17) is 5.11 Å². The van der Waals surface area contributed by atoms with Crippen LogP contribution in [-0.4, -0.2) is 46.4 Å². The summed E-state index contributed by atoms with van der Waals surface area (Å²) in [6.07, 6.45) is 0.451. The Morgan fingerprint density at radius 1 is 1.26 bits per heavy atom. The summed E-state index contributed by atoms with van der Waals surface area (Å²) < 4.78 is 0.857. The summed E-state index contributed by atoms with van der Waals surface area (Å²) in [5, 5.41) is 11.8. The molecule has 0 radical (unpaired) electrons. The number of amides is 2. The minimum atomic E-state index is -1.01. The number of hydrogen-bond acceptors (Lipinski definition) is 3. The second-order valence-corrected chi connectivity index (χ2v) is 6.79. The lowest BCUT2D eigenvalue weighted by Gasteiger charge is -2.40. The van der Waals surface area contributed by atoms with Crippen molar-refractivity contribution >= 4 is 33.7 Å². The van der Waals surface area contributed by atoms with Gasteiger partial charge in [0.2, 0.25) is 5.91 Å². The van der Waals surface area contributed by atoms with Crippen molar-refractivity contribution in [2.75, 3.05) is 6.54 Å². The first-order valence-corrected chi connectivity index (χ1v) is 8.20. The van der Waals surface area contributed by atoms with Gasteiger partial charge in [-0.2, -0.15) is 0 Å². The average molecular weight is 383 g/mol. The predicted octanol–water partition coefficient (Wildman–Crippen LogP) is 1.89. The maximum Gasteiger partial charge on any atom is 0.326 e. The fourth-order valence-electron chi connectivity index (χ4n) is 2.43. The Morgan fingerprint density at radius 3 is 2.30 bits per heavy atom. The standard InChI is InChI=1S/C16H19BrN2O4/c1-9(2)13(15(21)19-8-7-12(19)16(22)23)18-14(20)10-3-5-11(17)6-4-10/h3-6,9,12-13H,7-8H2,1-2H3,(H,18,20)(H,22,23)/t12-,13-/m0/s1. The number of nitrogens with one attached hydrogen (secondary N) is 1. The van der Waals surface area contributed by atoms with E-state index in [9.17, 15) is 14.4 Å². The molecule has 1 aromatic rings. The highest BCUT2D eigenvalue weighted by Gasteiger charge is 2.41. The molecule has 7 heteroatoms. The van der Waals surface area contributed by atoms with Gasteiger partial charge in [0, 0.05) is 16.6 Å². The van der Waals surface area contributed by atoms with Gasteiger partial charge < -0.3 is 15.3 Å². The summed E-state index contributed by atoms with van der Waals surface area (Å²) in [5.41, 5.74) is 0.449. The number of carboxylic acids is 1. The second-order valence-electron chi connectivity index (χ2n) is 5.88. The summed E-state index contributed by atoms with van der Waals surface area (Å²) in [4.78, 5) is 37.2. The molecule has 1 heterocycles. The quantitative estimate of drug-likeness (QED) is 0.813. The molecule has 0 bridgehead atoms. The minimum Gasteiger partial charge on any atom is -0.480 e. The second kappa shape index (κ2) is 7.12. The van der Waals surface area contributed by atoms with Gasteiger partial charge in [0.15, 0.2) is 0 Å². The molecular formula is C16H19BrN2O4. The lowest BCUT2D eigenvalue weighted by atomic mass is 9.96. The largest absolute Gasteiger partial charge is 0.480 e. The van der Waals surface area contributed by atoms with Crippen LogP contribution >= 0.6 is 15.9 Å². The van der Waals surface area contributed by atoms with Gasteiger partial charge in [-0.3, -0.25) is 9.59 Å². The van der Waals surface area contributed by atoms with Crippen LogP contribution in [0.2, 0.25) is 0 Å². The summed E-state index contributed by atoms with van der Waals surface area (Å²) in [6, 6.07) is 5.28. The first-order chi connectivity index (χ1) is 10.8. The van der Waals surface area contributed by atoms with E-state index in [1.165, 1.54) is 4.90 Å². The summed E-state index contributed by atoms with van der Waals surface area (Å²) in [6.45, 7) is 4.05. The molecular weight excluding hydrogens is 364 g/mol. The number of nitrogens with zero attached hydrogens (tertiary/aromatic N) is 1. The Kier molecular flexibility index (Phi) is 5.41. The van der Waals surface area contributed by atoms with Crippen LogP contribution in [0.1, 0.15) is 30.6 Å². The Balaban J connectivity index is 2.09. The van der Waals surface area contributed by atoms with Gasteiger partial charge in [-0.25, -0.2) is 4.79 Å². The van der Waals surface area contributed by atoms with Gasteiger partial charge in [-0.15, -0.1) is 0 Å². The van der Waals surface area contributed by atoms with Gasteiger partial charge in [0.25, 0.3) is 5.91 Å². The zero-order valence-electron chi connectivity index (χ0n) is 13.0. The third-order valence-electron chi connectivity index (χ3n) is 3.91. The predicted molar refractivity (Wildman–Crippen MR) is 88.0 cm³/mol. The normalized spacial score (nSPS) is 18.3. The SMILES string of the molecule is CC(C)[C@H](NC(=O)c1ccc(Br)cc1)C(=O)N1CC[C@H]1C(=O)O. The van der Waals surface area contributed by atoms with E-state index in [0.29, 0.717) is 18.5 Å². The van der Waals surface area contributed by atoms with Crippen molar-refractivity contribution in [3.63, 3.8) is 0 Å². The Bertz CT molecular complexity index is 615. The van der Waals surface area contributed by atoms with E-state index < -0.39 is 18.1 Å². The van der Waals surface area contributed by atoms with E-state index in [2.05, 4.69) is 21.2 Å². The molecule has 1 aromatic carbocycles. The molecule has 0 aliphatic carbocycles. The van der Waals surface area contributed by atoms with Crippen LogP contribution < -0.4 is 5.32 Å². The molecule has 1 aliphatic heterocycles. The maximum absolute atomic E-state index is 12.5. The number of halogens is 1. The van der Waals surface area contributed by atoms with Crippen molar-refractivity contribution in [1.82, 2.24) is 10.2 Å². The van der Waals surface area contributed by atoms with Crippen LogP contribution in [0.25, 0.3) is 0 Å². The fourth-order valence-corrected chi connectivity index (χ4v) is 2.69. The Hall–Kier alpha value is -1.89. The van der Waals surface area contributed by atoms with E-state index >= 15 is 0 Å². The molecule has 2 rings (SSSR count). The maximum atomic E-state index is 12.5. The number of hydrogen-bond donors (Lipinski definition) is 2. The van der Waals surface area contributed by atoms with Crippen LogP contribution in [-0.2, 0) is 9.59 Å². The number of carbonyl (C=O) groups is 3. The first-order valence-electron chi connectivity index (χ1n) is 7.41. The minimum absolute atomic E-state index is 0.142. The van der Waals surface area contributed by atoms with Crippen LogP contribution in [0, 0.1) is 5.92 Å². The molecule has 124 valence electrons. The topological polar surface area (TPSA) is 86.7 Å². The zero-order chi connectivity index (χ0) is 17.1. The Morgan fingerprint density at radius 2 is 1.87 bits per heavy atom. The molecule has 6 nitrogen and oxygen atoms in total. The van der Waals surface area contributed by atoms with Crippen LogP contribution in [0.3, 0.4) is 0 Å². The fraction of sp³-hybridized carbons (Fsp3) is 0.438. The van der Waals surface area contributed by atoms with Crippen molar-refractivity contribution in [3.8, 4) is 0 Å². The molecule has 2 amide bonds. The van der Waals surface area contributed by atoms with Gasteiger partial charge in [0.1, 0.15) is 12.1 Å². The summed E-state index contributed by atoms with van der Waals surface area (Å²) in [7, 11) is 0. The van der Waals surface area contributed by atoms with Gasteiger partial charge in [-0.05, 0) is 36.6 Å². The molecule has 2 atom stereocenters. The number of rotatable bonds is 5. The first kappa shape index (κ1) is 17.5. The molecule has 23 heavy (non-hydrogen) atoms. The van der Waals surface area contributed by atoms with E-state index in [1.807, 2.05) is 13.8 Å². The highest BCUT2D eigenvalue weighted by atomic mass is 79.9. The van der Waals surface area contributed by atoms with Crippen LogP contribution in [0.4, 0.5) is 0 Å². The highest BCUT2D eigenvalue weighted by molar-refractivity contribution is 9.10. The molecule has 0 saturated carbocycles. The molecule has 1 aliphatic rings. The third kappa shape index (κ3) is 3.90.